The summed E-state index contributed by atoms with van der Waals surface area (Å²) in [6.07, 6.45) is 2.55. The molecule has 1 aromatic carbocycles. The smallest absolute Gasteiger partial charge is 0.119 e. The van der Waals surface area contributed by atoms with Gasteiger partial charge in [-0.3, -0.25) is 9.88 Å². The van der Waals surface area contributed by atoms with Gasteiger partial charge >= 0.3 is 0 Å². The Hall–Kier alpha value is -1.91. The van der Waals surface area contributed by atoms with Crippen molar-refractivity contribution in [3.8, 4) is 5.75 Å². The van der Waals surface area contributed by atoms with Crippen molar-refractivity contribution in [3.63, 3.8) is 0 Å². The summed E-state index contributed by atoms with van der Waals surface area (Å²) in [5.74, 6) is 0.811. The number of rotatable bonds is 5. The van der Waals surface area contributed by atoms with Crippen LogP contribution in [0.3, 0.4) is 0 Å². The van der Waals surface area contributed by atoms with Crippen LogP contribution in [0.1, 0.15) is 23.2 Å². The molecule has 1 atom stereocenters. The highest BCUT2D eigenvalue weighted by Gasteiger charge is 2.36. The lowest BCUT2D eigenvalue weighted by atomic mass is 10.1. The third-order valence-electron chi connectivity index (χ3n) is 4.45. The Labute approximate surface area is 137 Å². The van der Waals surface area contributed by atoms with Gasteiger partial charge in [0.05, 0.1) is 0 Å². The molecular weight excluding hydrogens is 288 g/mol. The second kappa shape index (κ2) is 6.69. The van der Waals surface area contributed by atoms with Crippen molar-refractivity contribution >= 4 is 0 Å². The van der Waals surface area contributed by atoms with Crippen molar-refractivity contribution in [1.29, 1.82) is 0 Å². The van der Waals surface area contributed by atoms with E-state index in [2.05, 4.69) is 16.0 Å². The molecule has 4 heteroatoms. The summed E-state index contributed by atoms with van der Waals surface area (Å²) in [4.78, 5) is 6.59. The van der Waals surface area contributed by atoms with E-state index in [0.29, 0.717) is 13.2 Å². The average molecular weight is 312 g/mol. The van der Waals surface area contributed by atoms with Crippen LogP contribution in [-0.4, -0.2) is 40.3 Å². The number of ether oxygens (including phenoxy) is 1. The predicted molar refractivity (Wildman–Crippen MR) is 90.5 cm³/mol. The zero-order valence-corrected chi connectivity index (χ0v) is 13.8. The van der Waals surface area contributed by atoms with Crippen molar-refractivity contribution in [3.05, 3.63) is 59.4 Å². The fourth-order valence-electron chi connectivity index (χ4n) is 2.97. The molecule has 0 spiro atoms. The van der Waals surface area contributed by atoms with E-state index in [1.165, 1.54) is 11.1 Å². The molecule has 23 heavy (non-hydrogen) atoms. The zero-order chi connectivity index (χ0) is 16.3. The van der Waals surface area contributed by atoms with Crippen LogP contribution in [0, 0.1) is 13.8 Å². The zero-order valence-electron chi connectivity index (χ0n) is 13.8. The van der Waals surface area contributed by atoms with E-state index in [0.717, 1.165) is 31.0 Å². The first kappa shape index (κ1) is 16.0. The van der Waals surface area contributed by atoms with Crippen molar-refractivity contribution in [2.45, 2.75) is 32.4 Å². The largest absolute Gasteiger partial charge is 0.491 e. The lowest BCUT2D eigenvalue weighted by Crippen LogP contribution is -2.39. The highest BCUT2D eigenvalue weighted by atomic mass is 16.5. The van der Waals surface area contributed by atoms with Gasteiger partial charge in [0, 0.05) is 31.5 Å². The molecular formula is C19H24N2O2. The molecule has 3 rings (SSSR count). The number of aliphatic hydroxyl groups is 1. The Morgan fingerprint density at radius 1 is 1.22 bits per heavy atom. The molecule has 1 aliphatic heterocycles. The average Bonchev–Trinajstić information content (AvgIpc) is 2.91. The predicted octanol–water partition coefficient (Wildman–Crippen LogP) is 2.71. The number of β-amino-alcohol motifs (C(OH)–C–C–N with tert-alkyl or cyclic N) is 1. The van der Waals surface area contributed by atoms with E-state index in [4.69, 9.17) is 4.74 Å². The summed E-state index contributed by atoms with van der Waals surface area (Å²) < 4.78 is 5.78. The van der Waals surface area contributed by atoms with Crippen LogP contribution in [0.5, 0.6) is 5.75 Å². The fourth-order valence-corrected chi connectivity index (χ4v) is 2.97. The summed E-state index contributed by atoms with van der Waals surface area (Å²) in [6.45, 7) is 6.74. The number of nitrogens with zero attached hydrogens (tertiary/aromatic N) is 2. The summed E-state index contributed by atoms with van der Waals surface area (Å²) >= 11 is 0. The summed E-state index contributed by atoms with van der Waals surface area (Å²) in [7, 11) is 0. The Balaban J connectivity index is 1.55. The third kappa shape index (κ3) is 4.09. The van der Waals surface area contributed by atoms with Crippen LogP contribution in [-0.2, 0) is 6.54 Å². The fraction of sp³-hybridized carbons (Fsp3) is 0.421. The van der Waals surface area contributed by atoms with E-state index in [1.54, 1.807) is 0 Å². The van der Waals surface area contributed by atoms with Crippen LogP contribution in [0.25, 0.3) is 0 Å². The van der Waals surface area contributed by atoms with E-state index in [-0.39, 0.29) is 0 Å². The molecule has 4 nitrogen and oxygen atoms in total. The van der Waals surface area contributed by atoms with Gasteiger partial charge in [-0.05, 0) is 44.0 Å². The van der Waals surface area contributed by atoms with Gasteiger partial charge in [0.2, 0.25) is 0 Å². The number of likely N-dealkylation sites (tertiary alicyclic amines) is 1. The SMILES string of the molecule is Cc1ccc(OCC2(O)CCN(Cc3cccnc3C)C2)cc1. The first-order chi connectivity index (χ1) is 11.0. The second-order valence-electron chi connectivity index (χ2n) is 6.53. The van der Waals surface area contributed by atoms with Gasteiger partial charge in [-0.15, -0.1) is 0 Å². The minimum atomic E-state index is -0.777. The minimum absolute atomic E-state index is 0.332. The van der Waals surface area contributed by atoms with Crippen LogP contribution < -0.4 is 4.74 Å². The Bertz CT molecular complexity index is 657. The molecule has 0 radical (unpaired) electrons. The molecule has 0 aliphatic carbocycles. The summed E-state index contributed by atoms with van der Waals surface area (Å²) in [5.41, 5.74) is 2.70. The molecule has 0 amide bonds. The van der Waals surface area contributed by atoms with E-state index < -0.39 is 5.60 Å². The number of aryl methyl sites for hydroxylation is 2. The van der Waals surface area contributed by atoms with Crippen molar-refractivity contribution in [2.75, 3.05) is 19.7 Å². The van der Waals surface area contributed by atoms with Crippen molar-refractivity contribution in [2.24, 2.45) is 0 Å². The normalized spacial score (nSPS) is 21.5. The summed E-state index contributed by atoms with van der Waals surface area (Å²) in [5, 5.41) is 10.7. The van der Waals surface area contributed by atoms with Gasteiger partial charge in [0.25, 0.3) is 0 Å². The first-order valence-corrected chi connectivity index (χ1v) is 8.09. The molecule has 122 valence electrons. The second-order valence-corrected chi connectivity index (χ2v) is 6.53. The quantitative estimate of drug-likeness (QED) is 0.922. The number of hydrogen-bond acceptors (Lipinski definition) is 4. The Kier molecular flexibility index (Phi) is 4.64. The van der Waals surface area contributed by atoms with E-state index in [1.807, 2.05) is 50.4 Å². The lowest BCUT2D eigenvalue weighted by molar-refractivity contribution is 0.00336. The maximum Gasteiger partial charge on any atom is 0.119 e. The van der Waals surface area contributed by atoms with Crippen LogP contribution >= 0.6 is 0 Å². The topological polar surface area (TPSA) is 45.6 Å². The van der Waals surface area contributed by atoms with Crippen molar-refractivity contribution in [1.82, 2.24) is 9.88 Å². The monoisotopic (exact) mass is 312 g/mol. The number of hydrogen-bond donors (Lipinski definition) is 1. The van der Waals surface area contributed by atoms with Gasteiger partial charge in [0.15, 0.2) is 0 Å². The molecule has 0 bridgehead atoms. The third-order valence-corrected chi connectivity index (χ3v) is 4.45. The minimum Gasteiger partial charge on any atom is -0.491 e. The molecule has 1 unspecified atom stereocenters. The van der Waals surface area contributed by atoms with E-state index in [9.17, 15) is 5.11 Å². The van der Waals surface area contributed by atoms with Crippen LogP contribution in [0.4, 0.5) is 0 Å². The highest BCUT2D eigenvalue weighted by molar-refractivity contribution is 5.26. The van der Waals surface area contributed by atoms with Crippen LogP contribution in [0.2, 0.25) is 0 Å². The van der Waals surface area contributed by atoms with Crippen molar-refractivity contribution < 1.29 is 9.84 Å². The van der Waals surface area contributed by atoms with Gasteiger partial charge in [-0.25, -0.2) is 0 Å². The number of pyridine rings is 1. The molecule has 1 saturated heterocycles. The maximum absolute atomic E-state index is 10.7. The molecule has 2 heterocycles. The molecule has 1 aliphatic rings. The Morgan fingerprint density at radius 3 is 2.74 bits per heavy atom. The molecule has 0 saturated carbocycles. The standard InChI is InChI=1S/C19H24N2O2/c1-15-5-7-18(8-6-15)23-14-19(22)9-11-21(13-19)12-17-4-3-10-20-16(17)2/h3-8,10,22H,9,11-14H2,1-2H3. The summed E-state index contributed by atoms with van der Waals surface area (Å²) in [6, 6.07) is 12.0. The Morgan fingerprint density at radius 2 is 2.00 bits per heavy atom. The molecule has 1 fully saturated rings. The maximum atomic E-state index is 10.7. The molecule has 1 N–H and O–H groups in total. The van der Waals surface area contributed by atoms with E-state index >= 15 is 0 Å². The number of aromatic nitrogens is 1. The van der Waals surface area contributed by atoms with Gasteiger partial charge < -0.3 is 9.84 Å². The number of benzene rings is 1. The highest BCUT2D eigenvalue weighted by Crippen LogP contribution is 2.25. The van der Waals surface area contributed by atoms with Gasteiger partial charge in [-0.2, -0.15) is 0 Å². The van der Waals surface area contributed by atoms with Gasteiger partial charge in [0.1, 0.15) is 18.0 Å². The molecule has 1 aromatic heterocycles. The lowest BCUT2D eigenvalue weighted by Gasteiger charge is -2.24. The molecule has 2 aromatic rings. The van der Waals surface area contributed by atoms with Crippen LogP contribution in [0.15, 0.2) is 42.6 Å². The van der Waals surface area contributed by atoms with Gasteiger partial charge in [-0.1, -0.05) is 23.8 Å². The first-order valence-electron chi connectivity index (χ1n) is 8.09.